The highest BCUT2D eigenvalue weighted by molar-refractivity contribution is 7.89. The van der Waals surface area contributed by atoms with Gasteiger partial charge in [-0.3, -0.25) is 10.1 Å². The lowest BCUT2D eigenvalue weighted by Crippen LogP contribution is -2.34. The van der Waals surface area contributed by atoms with Crippen LogP contribution in [0.4, 0.5) is 5.13 Å². The summed E-state index contributed by atoms with van der Waals surface area (Å²) in [5, 5.41) is 5.22. The van der Waals surface area contributed by atoms with Crippen LogP contribution in [0.25, 0.3) is 0 Å². The fourth-order valence-electron chi connectivity index (χ4n) is 2.98. The zero-order chi connectivity index (χ0) is 21.2. The molecule has 2 heterocycles. The molecule has 0 spiro atoms. The van der Waals surface area contributed by atoms with E-state index in [-0.39, 0.29) is 22.3 Å². The first-order chi connectivity index (χ1) is 13.6. The molecule has 1 amide bonds. The van der Waals surface area contributed by atoms with Gasteiger partial charge in [0, 0.05) is 36.6 Å². The molecule has 29 heavy (non-hydrogen) atoms. The topological polar surface area (TPSA) is 88.6 Å². The lowest BCUT2D eigenvalue weighted by molar-refractivity contribution is 0.0979. The number of likely N-dealkylation sites (N-methyl/N-ethyl adjacent to an activating group) is 1. The molecule has 0 saturated carbocycles. The van der Waals surface area contributed by atoms with Gasteiger partial charge in [-0.2, -0.15) is 4.31 Å². The summed E-state index contributed by atoms with van der Waals surface area (Å²) in [7, 11) is -2.08. The average molecular weight is 438 g/mol. The van der Waals surface area contributed by atoms with Crippen LogP contribution >= 0.6 is 11.3 Å². The smallest absolute Gasteiger partial charge is 0.257 e. The van der Waals surface area contributed by atoms with E-state index >= 15 is 0 Å². The summed E-state index contributed by atoms with van der Waals surface area (Å²) in [6, 6.07) is 5.94. The monoisotopic (exact) mass is 437 g/mol. The maximum absolute atomic E-state index is 12.8. The number of nitrogens with zero attached hydrogens (tertiary/aromatic N) is 2. The predicted octanol–water partition coefficient (Wildman–Crippen LogP) is 3.49. The van der Waals surface area contributed by atoms with Crippen molar-refractivity contribution < 1.29 is 17.9 Å². The predicted molar refractivity (Wildman–Crippen MR) is 114 cm³/mol. The van der Waals surface area contributed by atoms with Crippen molar-refractivity contribution in [2.75, 3.05) is 25.5 Å². The molecular weight excluding hydrogens is 410 g/mol. The summed E-state index contributed by atoms with van der Waals surface area (Å²) in [6.07, 6.45) is 1.77. The van der Waals surface area contributed by atoms with E-state index in [2.05, 4.69) is 31.1 Å². The summed E-state index contributed by atoms with van der Waals surface area (Å²) in [5.41, 5.74) is 1.19. The number of nitrogens with one attached hydrogen (secondary N) is 1. The first-order valence-corrected chi connectivity index (χ1v) is 11.8. The second kappa shape index (κ2) is 8.51. The normalized spacial score (nSPS) is 17.6. The number of aromatic nitrogens is 1. The third-order valence-corrected chi connectivity index (χ3v) is 7.40. The Balaban J connectivity index is 1.67. The maximum Gasteiger partial charge on any atom is 0.257 e. The number of thiazole rings is 1. The summed E-state index contributed by atoms with van der Waals surface area (Å²) in [6.45, 7) is 7.18. The minimum absolute atomic E-state index is 0.0592. The van der Waals surface area contributed by atoms with E-state index in [1.54, 1.807) is 7.05 Å². The largest absolute Gasteiger partial charge is 0.377 e. The van der Waals surface area contributed by atoms with Gasteiger partial charge in [-0.05, 0) is 37.1 Å². The molecule has 9 heteroatoms. The molecule has 1 aliphatic rings. The molecule has 7 nitrogen and oxygen atoms in total. The van der Waals surface area contributed by atoms with Crippen LogP contribution in [0.15, 0.2) is 34.5 Å². The minimum Gasteiger partial charge on any atom is -0.377 e. The number of sulfonamides is 1. The van der Waals surface area contributed by atoms with E-state index in [0.29, 0.717) is 23.8 Å². The van der Waals surface area contributed by atoms with Crippen LogP contribution < -0.4 is 5.32 Å². The van der Waals surface area contributed by atoms with E-state index < -0.39 is 10.0 Å². The van der Waals surface area contributed by atoms with E-state index in [4.69, 9.17) is 4.74 Å². The molecule has 0 aliphatic carbocycles. The second-order valence-corrected chi connectivity index (χ2v) is 11.1. The van der Waals surface area contributed by atoms with Crippen molar-refractivity contribution in [2.24, 2.45) is 0 Å². The molecule has 1 unspecified atom stereocenters. The van der Waals surface area contributed by atoms with Gasteiger partial charge >= 0.3 is 0 Å². The molecule has 2 aromatic rings. The first kappa shape index (κ1) is 21.9. The van der Waals surface area contributed by atoms with Gasteiger partial charge in [0.1, 0.15) is 0 Å². The fraction of sp³-hybridized carbons (Fsp3) is 0.500. The molecule has 1 aliphatic heterocycles. The number of rotatable bonds is 6. The summed E-state index contributed by atoms with van der Waals surface area (Å²) >= 11 is 1.37. The van der Waals surface area contributed by atoms with E-state index in [0.717, 1.165) is 18.5 Å². The number of amides is 1. The fourth-order valence-corrected chi connectivity index (χ4v) is 5.11. The Morgan fingerprint density at radius 2 is 2.00 bits per heavy atom. The van der Waals surface area contributed by atoms with Gasteiger partial charge in [0.25, 0.3) is 5.91 Å². The Labute approximate surface area is 176 Å². The standard InChI is InChI=1S/C20H27N3O4S2/c1-20(2,3)17-13-28-19(21-17)22-18(24)14-7-9-16(10-8-14)29(25,26)23(4)12-15-6-5-11-27-15/h7-10,13,15H,5-6,11-12H2,1-4H3,(H,21,22,24). The number of carbonyl (C=O) groups is 1. The Bertz CT molecular complexity index is 956. The molecule has 1 aromatic heterocycles. The van der Waals surface area contributed by atoms with Gasteiger partial charge < -0.3 is 4.74 Å². The quantitative estimate of drug-likeness (QED) is 0.747. The summed E-state index contributed by atoms with van der Waals surface area (Å²) in [5.74, 6) is -0.323. The van der Waals surface area contributed by atoms with Gasteiger partial charge in [0.15, 0.2) is 5.13 Å². The van der Waals surface area contributed by atoms with Crippen LogP contribution in [0, 0.1) is 0 Å². The number of ether oxygens (including phenoxy) is 1. The zero-order valence-corrected chi connectivity index (χ0v) is 18.8. The molecule has 158 valence electrons. The number of carbonyl (C=O) groups excluding carboxylic acids is 1. The Hall–Kier alpha value is -1.81. The molecule has 3 rings (SSSR count). The number of anilines is 1. The van der Waals surface area contributed by atoms with E-state index in [9.17, 15) is 13.2 Å². The van der Waals surface area contributed by atoms with Crippen molar-refractivity contribution in [1.29, 1.82) is 0 Å². The van der Waals surface area contributed by atoms with Crippen molar-refractivity contribution in [3.63, 3.8) is 0 Å². The Morgan fingerprint density at radius 1 is 1.31 bits per heavy atom. The zero-order valence-electron chi connectivity index (χ0n) is 17.1. The second-order valence-electron chi connectivity index (χ2n) is 8.19. The maximum atomic E-state index is 12.8. The minimum atomic E-state index is -3.63. The Morgan fingerprint density at radius 3 is 2.55 bits per heavy atom. The average Bonchev–Trinajstić information content (AvgIpc) is 3.33. The molecule has 1 saturated heterocycles. The summed E-state index contributed by atoms with van der Waals surface area (Å²) in [4.78, 5) is 17.1. The van der Waals surface area contributed by atoms with Crippen LogP contribution in [0.3, 0.4) is 0 Å². The molecular formula is C20H27N3O4S2. The Kier molecular flexibility index (Phi) is 6.42. The van der Waals surface area contributed by atoms with Crippen LogP contribution in [-0.2, 0) is 20.2 Å². The van der Waals surface area contributed by atoms with E-state index in [1.165, 1.54) is 39.9 Å². The van der Waals surface area contributed by atoms with Crippen LogP contribution in [0.1, 0.15) is 49.7 Å². The number of hydrogen-bond acceptors (Lipinski definition) is 6. The summed E-state index contributed by atoms with van der Waals surface area (Å²) < 4.78 is 32.3. The number of hydrogen-bond donors (Lipinski definition) is 1. The first-order valence-electron chi connectivity index (χ1n) is 9.53. The van der Waals surface area contributed by atoms with Gasteiger partial charge in [-0.1, -0.05) is 20.8 Å². The van der Waals surface area contributed by atoms with Crippen molar-refractivity contribution in [1.82, 2.24) is 9.29 Å². The lowest BCUT2D eigenvalue weighted by atomic mass is 9.93. The van der Waals surface area contributed by atoms with Crippen molar-refractivity contribution in [2.45, 2.75) is 50.0 Å². The van der Waals surface area contributed by atoms with E-state index in [1.807, 2.05) is 5.38 Å². The van der Waals surface area contributed by atoms with Crippen molar-refractivity contribution in [3.8, 4) is 0 Å². The SMILES string of the molecule is CN(CC1CCCO1)S(=O)(=O)c1ccc(C(=O)Nc2nc(C(C)(C)C)cs2)cc1. The molecule has 1 N–H and O–H groups in total. The molecule has 0 bridgehead atoms. The van der Waals surface area contributed by atoms with Crippen LogP contribution in [0.5, 0.6) is 0 Å². The highest BCUT2D eigenvalue weighted by atomic mass is 32.2. The van der Waals surface area contributed by atoms with Crippen LogP contribution in [-0.4, -0.2) is 49.9 Å². The van der Waals surface area contributed by atoms with Gasteiger partial charge in [0.05, 0.1) is 16.7 Å². The molecule has 0 radical (unpaired) electrons. The van der Waals surface area contributed by atoms with Crippen molar-refractivity contribution in [3.05, 3.63) is 40.9 Å². The lowest BCUT2D eigenvalue weighted by Gasteiger charge is -2.20. The molecule has 1 aromatic carbocycles. The van der Waals surface area contributed by atoms with Gasteiger partial charge in [-0.15, -0.1) is 11.3 Å². The third kappa shape index (κ3) is 5.22. The highest BCUT2D eigenvalue weighted by Crippen LogP contribution is 2.27. The van der Waals surface area contributed by atoms with Gasteiger partial charge in [-0.25, -0.2) is 13.4 Å². The third-order valence-electron chi connectivity index (χ3n) is 4.80. The number of benzene rings is 1. The van der Waals surface area contributed by atoms with Crippen molar-refractivity contribution >= 4 is 32.4 Å². The molecule has 1 fully saturated rings. The highest BCUT2D eigenvalue weighted by Gasteiger charge is 2.26. The molecule has 1 atom stereocenters. The van der Waals surface area contributed by atoms with Gasteiger partial charge in [0.2, 0.25) is 10.0 Å². The van der Waals surface area contributed by atoms with Crippen LogP contribution in [0.2, 0.25) is 0 Å².